The zero-order valence-electron chi connectivity index (χ0n) is 16.4. The summed E-state index contributed by atoms with van der Waals surface area (Å²) in [5, 5.41) is 3.05. The highest BCUT2D eigenvalue weighted by molar-refractivity contribution is 5.97. The Kier molecular flexibility index (Phi) is 5.09. The molecule has 0 bridgehead atoms. The van der Waals surface area contributed by atoms with Crippen LogP contribution in [-0.2, 0) is 21.4 Å². The van der Waals surface area contributed by atoms with Crippen LogP contribution >= 0.6 is 0 Å². The van der Waals surface area contributed by atoms with Crippen LogP contribution in [-0.4, -0.2) is 23.5 Å². The first-order valence-electron chi connectivity index (χ1n) is 9.39. The third kappa shape index (κ3) is 4.05. The van der Waals surface area contributed by atoms with Crippen LogP contribution in [0.1, 0.15) is 55.6 Å². The first-order valence-corrected chi connectivity index (χ1v) is 9.39. The maximum Gasteiger partial charge on any atom is 0.339 e. The van der Waals surface area contributed by atoms with Crippen molar-refractivity contribution in [2.45, 2.75) is 57.6 Å². The van der Waals surface area contributed by atoms with E-state index < -0.39 is 11.6 Å². The van der Waals surface area contributed by atoms with E-state index in [9.17, 15) is 9.59 Å². The molecule has 1 aliphatic rings. The fourth-order valence-corrected chi connectivity index (χ4v) is 3.86. The number of fused-ring (bicyclic) bond motifs is 1. The minimum absolute atomic E-state index is 0.0552. The van der Waals surface area contributed by atoms with Gasteiger partial charge in [0.05, 0.1) is 5.56 Å². The predicted octanol–water partition coefficient (Wildman–Crippen LogP) is 4.03. The van der Waals surface area contributed by atoms with Crippen LogP contribution in [0.15, 0.2) is 54.6 Å². The van der Waals surface area contributed by atoms with E-state index in [-0.39, 0.29) is 17.4 Å². The highest BCUT2D eigenvalue weighted by Gasteiger charge is 2.43. The standard InChI is InChI=1S/C23H27NO3/c1-16(14-22(2,3)18-11-6-5-7-12-18)24-21(26)23(4)15-17-10-8-9-13-19(17)20(25)27-23/h5-13,16H,14-15H2,1-4H3,(H,24,26). The second-order valence-electron chi connectivity index (χ2n) is 8.28. The summed E-state index contributed by atoms with van der Waals surface area (Å²) in [4.78, 5) is 25.2. The molecule has 1 aliphatic heterocycles. The average Bonchev–Trinajstić information content (AvgIpc) is 2.62. The molecule has 0 aromatic heterocycles. The van der Waals surface area contributed by atoms with Crippen LogP contribution in [0.3, 0.4) is 0 Å². The van der Waals surface area contributed by atoms with Crippen molar-refractivity contribution in [3.8, 4) is 0 Å². The molecule has 2 unspecified atom stereocenters. The molecule has 0 fully saturated rings. The second-order valence-corrected chi connectivity index (χ2v) is 8.28. The van der Waals surface area contributed by atoms with E-state index in [0.717, 1.165) is 12.0 Å². The van der Waals surface area contributed by atoms with Gasteiger partial charge in [0.2, 0.25) is 0 Å². The van der Waals surface area contributed by atoms with Gasteiger partial charge >= 0.3 is 5.97 Å². The van der Waals surface area contributed by atoms with Gasteiger partial charge in [-0.05, 0) is 42.9 Å². The second kappa shape index (κ2) is 7.18. The molecule has 0 aliphatic carbocycles. The summed E-state index contributed by atoms with van der Waals surface area (Å²) in [5.74, 6) is -0.687. The zero-order valence-corrected chi connectivity index (χ0v) is 16.4. The van der Waals surface area contributed by atoms with Gasteiger partial charge in [0.15, 0.2) is 5.60 Å². The molecule has 142 valence electrons. The Labute approximate surface area is 160 Å². The number of hydrogen-bond donors (Lipinski definition) is 1. The van der Waals surface area contributed by atoms with Gasteiger partial charge in [-0.1, -0.05) is 62.4 Å². The van der Waals surface area contributed by atoms with Crippen LogP contribution in [0, 0.1) is 0 Å². The first kappa shape index (κ1) is 19.2. The van der Waals surface area contributed by atoms with Crippen molar-refractivity contribution in [1.82, 2.24) is 5.32 Å². The fraction of sp³-hybridized carbons (Fsp3) is 0.391. The molecule has 2 aromatic rings. The maximum absolute atomic E-state index is 12.9. The molecule has 4 heteroatoms. The molecule has 4 nitrogen and oxygen atoms in total. The molecular formula is C23H27NO3. The Hall–Kier alpha value is -2.62. The monoisotopic (exact) mass is 365 g/mol. The topological polar surface area (TPSA) is 55.4 Å². The summed E-state index contributed by atoms with van der Waals surface area (Å²) >= 11 is 0. The van der Waals surface area contributed by atoms with Crippen LogP contribution in [0.4, 0.5) is 0 Å². The Morgan fingerprint density at radius 3 is 2.48 bits per heavy atom. The molecule has 1 N–H and O–H groups in total. The fourth-order valence-electron chi connectivity index (χ4n) is 3.86. The molecule has 0 saturated heterocycles. The van der Waals surface area contributed by atoms with Crippen LogP contribution < -0.4 is 5.32 Å². The Bertz CT molecular complexity index is 844. The number of carbonyl (C=O) groups is 2. The van der Waals surface area contributed by atoms with Crippen molar-refractivity contribution in [2.75, 3.05) is 0 Å². The summed E-state index contributed by atoms with van der Waals surface area (Å²) < 4.78 is 5.53. The highest BCUT2D eigenvalue weighted by Crippen LogP contribution is 2.30. The molecule has 0 saturated carbocycles. The number of amides is 1. The van der Waals surface area contributed by atoms with Crippen molar-refractivity contribution >= 4 is 11.9 Å². The van der Waals surface area contributed by atoms with Crippen molar-refractivity contribution in [2.24, 2.45) is 0 Å². The van der Waals surface area contributed by atoms with E-state index in [0.29, 0.717) is 12.0 Å². The Morgan fingerprint density at radius 1 is 1.15 bits per heavy atom. The van der Waals surface area contributed by atoms with E-state index in [4.69, 9.17) is 4.74 Å². The molecular weight excluding hydrogens is 338 g/mol. The lowest BCUT2D eigenvalue weighted by atomic mass is 9.79. The van der Waals surface area contributed by atoms with Gasteiger partial charge in [0.25, 0.3) is 5.91 Å². The number of rotatable bonds is 5. The van der Waals surface area contributed by atoms with Gasteiger partial charge in [0.1, 0.15) is 0 Å². The summed E-state index contributed by atoms with van der Waals surface area (Å²) in [7, 11) is 0. The lowest BCUT2D eigenvalue weighted by molar-refractivity contribution is -0.140. The van der Waals surface area contributed by atoms with E-state index >= 15 is 0 Å². The molecule has 3 rings (SSSR count). The number of cyclic esters (lactones) is 1. The smallest absolute Gasteiger partial charge is 0.339 e. The van der Waals surface area contributed by atoms with Crippen LogP contribution in [0.25, 0.3) is 0 Å². The SMILES string of the molecule is CC(CC(C)(C)c1ccccc1)NC(=O)C1(C)Cc2ccccc2C(=O)O1. The highest BCUT2D eigenvalue weighted by atomic mass is 16.6. The van der Waals surface area contributed by atoms with Gasteiger partial charge in [-0.25, -0.2) is 4.79 Å². The van der Waals surface area contributed by atoms with Gasteiger partial charge in [-0.15, -0.1) is 0 Å². The lowest BCUT2D eigenvalue weighted by Crippen LogP contribution is -2.54. The summed E-state index contributed by atoms with van der Waals surface area (Å²) in [5.41, 5.74) is 1.36. The van der Waals surface area contributed by atoms with Crippen molar-refractivity contribution in [1.29, 1.82) is 0 Å². The average molecular weight is 365 g/mol. The van der Waals surface area contributed by atoms with Crippen molar-refractivity contribution in [3.63, 3.8) is 0 Å². The number of ether oxygens (including phenoxy) is 1. The number of hydrogen-bond acceptors (Lipinski definition) is 3. The molecule has 2 atom stereocenters. The van der Waals surface area contributed by atoms with Gasteiger partial charge < -0.3 is 10.1 Å². The summed E-state index contributed by atoms with van der Waals surface area (Å²) in [6.07, 6.45) is 1.17. The molecule has 0 radical (unpaired) electrons. The van der Waals surface area contributed by atoms with E-state index in [1.165, 1.54) is 5.56 Å². The lowest BCUT2D eigenvalue weighted by Gasteiger charge is -2.35. The van der Waals surface area contributed by atoms with Crippen LogP contribution in [0.5, 0.6) is 0 Å². The zero-order chi connectivity index (χ0) is 19.7. The molecule has 0 spiro atoms. The molecule has 27 heavy (non-hydrogen) atoms. The minimum atomic E-state index is -1.18. The van der Waals surface area contributed by atoms with Crippen molar-refractivity contribution < 1.29 is 14.3 Å². The third-order valence-electron chi connectivity index (χ3n) is 5.31. The number of benzene rings is 2. The third-order valence-corrected chi connectivity index (χ3v) is 5.31. The number of nitrogens with one attached hydrogen (secondary N) is 1. The Balaban J connectivity index is 1.69. The molecule has 2 aromatic carbocycles. The van der Waals surface area contributed by atoms with Gasteiger partial charge in [-0.2, -0.15) is 0 Å². The van der Waals surface area contributed by atoms with Crippen LogP contribution in [0.2, 0.25) is 0 Å². The van der Waals surface area contributed by atoms with E-state index in [1.54, 1.807) is 19.1 Å². The Morgan fingerprint density at radius 2 is 1.78 bits per heavy atom. The predicted molar refractivity (Wildman–Crippen MR) is 106 cm³/mol. The molecule has 1 amide bonds. The largest absolute Gasteiger partial charge is 0.445 e. The summed E-state index contributed by atoms with van der Waals surface area (Å²) in [6.45, 7) is 8.02. The van der Waals surface area contributed by atoms with Gasteiger partial charge in [-0.3, -0.25) is 4.79 Å². The van der Waals surface area contributed by atoms with Crippen molar-refractivity contribution in [3.05, 3.63) is 71.3 Å². The minimum Gasteiger partial charge on any atom is -0.445 e. The maximum atomic E-state index is 12.9. The normalized spacial score (nSPS) is 20.4. The summed E-state index contributed by atoms with van der Waals surface area (Å²) in [6, 6.07) is 17.5. The number of carbonyl (C=O) groups excluding carboxylic acids is 2. The van der Waals surface area contributed by atoms with E-state index in [2.05, 4.69) is 31.3 Å². The van der Waals surface area contributed by atoms with Gasteiger partial charge in [0, 0.05) is 12.5 Å². The number of esters is 1. The quantitative estimate of drug-likeness (QED) is 0.814. The molecule has 1 heterocycles. The first-order chi connectivity index (χ1) is 12.7. The van der Waals surface area contributed by atoms with E-state index in [1.807, 2.05) is 37.3 Å².